The van der Waals surface area contributed by atoms with Gasteiger partial charge in [-0.25, -0.2) is 4.39 Å². The van der Waals surface area contributed by atoms with Gasteiger partial charge in [0.05, 0.1) is 16.1 Å². The summed E-state index contributed by atoms with van der Waals surface area (Å²) in [6.45, 7) is 3.44. The summed E-state index contributed by atoms with van der Waals surface area (Å²) >= 11 is 0. The minimum atomic E-state index is -3.76. The van der Waals surface area contributed by atoms with Crippen LogP contribution in [0.5, 0.6) is 0 Å². The normalized spacial score (nSPS) is 26.2. The molecule has 2 aromatic rings. The first kappa shape index (κ1) is 20.7. The van der Waals surface area contributed by atoms with Gasteiger partial charge < -0.3 is 0 Å². The standard InChI is InChI=1S/C20H23FN4O4S/c1-15-12-20(8-9-23(15)13-16-4-2-7-19(10-16)25(26)27)14-22-30(28,29)24(20)18-6-3-5-17(21)11-18/h2-7,10-11,15,22H,8-9,12-14H2,1H3/t15-,20+/m0/s1. The average molecular weight is 434 g/mol. The van der Waals surface area contributed by atoms with Gasteiger partial charge in [0.25, 0.3) is 5.69 Å². The summed E-state index contributed by atoms with van der Waals surface area (Å²) in [7, 11) is -3.76. The van der Waals surface area contributed by atoms with Crippen LogP contribution >= 0.6 is 0 Å². The maximum atomic E-state index is 13.8. The van der Waals surface area contributed by atoms with Gasteiger partial charge in [-0.05, 0) is 43.5 Å². The second-order valence-corrected chi connectivity index (χ2v) is 9.60. The van der Waals surface area contributed by atoms with E-state index >= 15 is 0 Å². The molecule has 30 heavy (non-hydrogen) atoms. The third-order valence-electron chi connectivity index (χ3n) is 5.97. The molecule has 1 N–H and O–H groups in total. The van der Waals surface area contributed by atoms with Crippen LogP contribution < -0.4 is 9.03 Å². The molecule has 0 unspecified atom stereocenters. The van der Waals surface area contributed by atoms with E-state index in [1.165, 1.54) is 28.6 Å². The van der Waals surface area contributed by atoms with E-state index in [2.05, 4.69) is 9.62 Å². The van der Waals surface area contributed by atoms with Gasteiger partial charge in [-0.3, -0.25) is 19.3 Å². The van der Waals surface area contributed by atoms with Gasteiger partial charge in [0, 0.05) is 37.8 Å². The Kier molecular flexibility index (Phi) is 5.25. The fourth-order valence-corrected chi connectivity index (χ4v) is 6.28. The number of likely N-dealkylation sites (tertiary alicyclic amines) is 1. The molecule has 2 atom stereocenters. The van der Waals surface area contributed by atoms with Crippen molar-refractivity contribution in [3.63, 3.8) is 0 Å². The molecule has 0 bridgehead atoms. The average Bonchev–Trinajstić information content (AvgIpc) is 2.94. The van der Waals surface area contributed by atoms with Gasteiger partial charge in [-0.1, -0.05) is 18.2 Å². The van der Waals surface area contributed by atoms with Crippen LogP contribution in [0.15, 0.2) is 48.5 Å². The summed E-state index contributed by atoms with van der Waals surface area (Å²) in [6, 6.07) is 12.2. The Balaban J connectivity index is 1.56. The van der Waals surface area contributed by atoms with E-state index in [1.54, 1.807) is 18.2 Å². The second-order valence-electron chi connectivity index (χ2n) is 8.00. The smallest absolute Gasteiger partial charge is 0.296 e. The van der Waals surface area contributed by atoms with Crippen molar-refractivity contribution in [2.75, 3.05) is 17.4 Å². The molecule has 1 spiro atoms. The molecule has 2 fully saturated rings. The van der Waals surface area contributed by atoms with Crippen LogP contribution in [0.1, 0.15) is 25.3 Å². The minimum Gasteiger partial charge on any atom is -0.296 e. The number of nitro benzene ring substituents is 1. The summed E-state index contributed by atoms with van der Waals surface area (Å²) in [4.78, 5) is 12.8. The van der Waals surface area contributed by atoms with Crippen molar-refractivity contribution in [2.24, 2.45) is 0 Å². The van der Waals surface area contributed by atoms with Gasteiger partial charge in [0.2, 0.25) is 0 Å². The SMILES string of the molecule is C[C@H]1C[C@]2(CCN1Cc1cccc([N+](=O)[O-])c1)CNS(=O)(=O)N2c1cccc(F)c1. The first-order chi connectivity index (χ1) is 14.2. The first-order valence-electron chi connectivity index (χ1n) is 9.73. The number of nitrogens with zero attached hydrogens (tertiary/aromatic N) is 3. The van der Waals surface area contributed by atoms with Crippen molar-refractivity contribution in [1.29, 1.82) is 0 Å². The zero-order chi connectivity index (χ0) is 21.5. The highest BCUT2D eigenvalue weighted by Crippen LogP contribution is 2.41. The number of nitrogens with one attached hydrogen (secondary N) is 1. The fourth-order valence-electron chi connectivity index (χ4n) is 4.57. The molecule has 2 heterocycles. The number of non-ortho nitro benzene ring substituents is 1. The maximum absolute atomic E-state index is 13.8. The summed E-state index contributed by atoms with van der Waals surface area (Å²) in [6.07, 6.45) is 1.12. The number of rotatable bonds is 4. The van der Waals surface area contributed by atoms with Gasteiger partial charge in [-0.2, -0.15) is 13.1 Å². The Hall–Kier alpha value is -2.56. The molecule has 0 radical (unpaired) electrons. The number of hydrogen-bond donors (Lipinski definition) is 1. The molecule has 160 valence electrons. The molecule has 2 aliphatic rings. The van der Waals surface area contributed by atoms with Crippen LogP contribution in [0.3, 0.4) is 0 Å². The van der Waals surface area contributed by atoms with Crippen LogP contribution in [-0.4, -0.2) is 42.9 Å². The highest BCUT2D eigenvalue weighted by Gasteiger charge is 2.52. The van der Waals surface area contributed by atoms with Crippen LogP contribution in [0, 0.1) is 15.9 Å². The number of anilines is 1. The predicted octanol–water partition coefficient (Wildman–Crippen LogP) is 2.81. The molecule has 10 heteroatoms. The molecular formula is C20H23FN4O4S. The summed E-state index contributed by atoms with van der Waals surface area (Å²) in [5, 5.41) is 11.0. The van der Waals surface area contributed by atoms with E-state index < -0.39 is 26.5 Å². The lowest BCUT2D eigenvalue weighted by atomic mass is 9.83. The summed E-state index contributed by atoms with van der Waals surface area (Å²) in [5.41, 5.74) is 0.535. The molecule has 8 nitrogen and oxygen atoms in total. The Bertz CT molecular complexity index is 1080. The summed E-state index contributed by atoms with van der Waals surface area (Å²) < 4.78 is 43.2. The van der Waals surface area contributed by atoms with Crippen LogP contribution in [-0.2, 0) is 16.8 Å². The first-order valence-corrected chi connectivity index (χ1v) is 11.2. The van der Waals surface area contributed by atoms with Gasteiger partial charge in [0.15, 0.2) is 0 Å². The van der Waals surface area contributed by atoms with Gasteiger partial charge >= 0.3 is 10.2 Å². The molecule has 0 saturated carbocycles. The van der Waals surface area contributed by atoms with E-state index in [9.17, 15) is 22.9 Å². The van der Waals surface area contributed by atoms with Crippen LogP contribution in [0.4, 0.5) is 15.8 Å². The minimum absolute atomic E-state index is 0.0316. The van der Waals surface area contributed by atoms with E-state index in [4.69, 9.17) is 0 Å². The number of piperidine rings is 1. The number of hydrogen-bond acceptors (Lipinski definition) is 5. The molecule has 2 aliphatic heterocycles. The lowest BCUT2D eigenvalue weighted by molar-refractivity contribution is -0.384. The van der Waals surface area contributed by atoms with Crippen molar-refractivity contribution in [3.05, 3.63) is 70.0 Å². The molecule has 0 aliphatic carbocycles. The van der Waals surface area contributed by atoms with Crippen LogP contribution in [0.2, 0.25) is 0 Å². The van der Waals surface area contributed by atoms with Crippen molar-refractivity contribution < 1.29 is 17.7 Å². The second kappa shape index (κ2) is 7.60. The zero-order valence-corrected chi connectivity index (χ0v) is 17.3. The Labute approximate surface area is 174 Å². The number of benzene rings is 2. The molecular weight excluding hydrogens is 411 g/mol. The Morgan fingerprint density at radius 1 is 1.27 bits per heavy atom. The van der Waals surface area contributed by atoms with Gasteiger partial charge in [-0.15, -0.1) is 0 Å². The largest absolute Gasteiger partial charge is 0.302 e. The van der Waals surface area contributed by atoms with Crippen molar-refractivity contribution in [3.8, 4) is 0 Å². The highest BCUT2D eigenvalue weighted by molar-refractivity contribution is 7.91. The van der Waals surface area contributed by atoms with E-state index in [0.29, 0.717) is 31.6 Å². The summed E-state index contributed by atoms with van der Waals surface area (Å²) in [5.74, 6) is -0.485. The number of nitro groups is 1. The van der Waals surface area contributed by atoms with E-state index in [0.717, 1.165) is 5.56 Å². The van der Waals surface area contributed by atoms with Crippen molar-refractivity contribution in [1.82, 2.24) is 9.62 Å². The molecule has 2 aromatic carbocycles. The third-order valence-corrected chi connectivity index (χ3v) is 7.56. The monoisotopic (exact) mass is 434 g/mol. The molecule has 0 amide bonds. The van der Waals surface area contributed by atoms with Crippen LogP contribution in [0.25, 0.3) is 0 Å². The van der Waals surface area contributed by atoms with Gasteiger partial charge in [0.1, 0.15) is 5.82 Å². The number of halogens is 1. The Morgan fingerprint density at radius 2 is 2.03 bits per heavy atom. The lowest BCUT2D eigenvalue weighted by Crippen LogP contribution is -2.57. The Morgan fingerprint density at radius 3 is 2.73 bits per heavy atom. The lowest BCUT2D eigenvalue weighted by Gasteiger charge is -2.47. The predicted molar refractivity (Wildman–Crippen MR) is 111 cm³/mol. The quantitative estimate of drug-likeness (QED) is 0.590. The third kappa shape index (κ3) is 3.78. The van der Waals surface area contributed by atoms with Crippen molar-refractivity contribution in [2.45, 2.75) is 37.9 Å². The van der Waals surface area contributed by atoms with E-state index in [-0.39, 0.29) is 18.3 Å². The van der Waals surface area contributed by atoms with Crippen molar-refractivity contribution >= 4 is 21.6 Å². The van der Waals surface area contributed by atoms with E-state index in [1.807, 2.05) is 13.0 Å². The fraction of sp³-hybridized carbons (Fsp3) is 0.400. The maximum Gasteiger partial charge on any atom is 0.302 e. The highest BCUT2D eigenvalue weighted by atomic mass is 32.2. The molecule has 0 aromatic heterocycles. The topological polar surface area (TPSA) is 95.8 Å². The molecule has 2 saturated heterocycles. The zero-order valence-electron chi connectivity index (χ0n) is 16.5. The molecule has 4 rings (SSSR count).